The van der Waals surface area contributed by atoms with E-state index in [-0.39, 0.29) is 11.8 Å². The standard InChI is InChI=1S/C13H25NO3/c1-9(2)7-6-8-14-12(15)11(10(3)4)13(16)17-5/h9-11H,6-8H2,1-5H3,(H,14,15). The molecule has 0 aliphatic rings. The highest BCUT2D eigenvalue weighted by Gasteiger charge is 2.30. The Bertz CT molecular complexity index is 249. The van der Waals surface area contributed by atoms with E-state index in [2.05, 4.69) is 23.9 Å². The van der Waals surface area contributed by atoms with Gasteiger partial charge in [-0.1, -0.05) is 27.7 Å². The molecule has 1 unspecified atom stereocenters. The van der Waals surface area contributed by atoms with Crippen molar-refractivity contribution in [1.82, 2.24) is 5.32 Å². The summed E-state index contributed by atoms with van der Waals surface area (Å²) in [6.07, 6.45) is 2.01. The molecule has 100 valence electrons. The zero-order valence-electron chi connectivity index (χ0n) is 11.6. The van der Waals surface area contributed by atoms with Crippen LogP contribution in [0.3, 0.4) is 0 Å². The molecule has 0 aromatic heterocycles. The molecule has 0 fully saturated rings. The van der Waals surface area contributed by atoms with Gasteiger partial charge in [0, 0.05) is 6.54 Å². The number of ether oxygens (including phenoxy) is 1. The number of hydrogen-bond donors (Lipinski definition) is 1. The molecule has 0 spiro atoms. The first-order valence-electron chi connectivity index (χ1n) is 6.25. The number of carbonyl (C=O) groups is 2. The molecular formula is C13H25NO3. The maximum atomic E-state index is 11.8. The van der Waals surface area contributed by atoms with E-state index < -0.39 is 11.9 Å². The van der Waals surface area contributed by atoms with Crippen molar-refractivity contribution in [2.45, 2.75) is 40.5 Å². The first-order chi connectivity index (χ1) is 7.90. The van der Waals surface area contributed by atoms with E-state index in [1.54, 1.807) is 0 Å². The molecule has 0 saturated heterocycles. The highest BCUT2D eigenvalue weighted by molar-refractivity contribution is 5.97. The van der Waals surface area contributed by atoms with Crippen LogP contribution in [0.1, 0.15) is 40.5 Å². The maximum Gasteiger partial charge on any atom is 0.318 e. The van der Waals surface area contributed by atoms with Crippen LogP contribution in [0.2, 0.25) is 0 Å². The molecule has 0 aromatic rings. The summed E-state index contributed by atoms with van der Waals surface area (Å²) in [5.41, 5.74) is 0. The van der Waals surface area contributed by atoms with E-state index in [9.17, 15) is 9.59 Å². The zero-order chi connectivity index (χ0) is 13.4. The molecule has 0 saturated carbocycles. The summed E-state index contributed by atoms with van der Waals surface area (Å²) in [6.45, 7) is 8.60. The van der Waals surface area contributed by atoms with Crippen LogP contribution in [0.4, 0.5) is 0 Å². The average Bonchev–Trinajstić information content (AvgIpc) is 2.23. The number of esters is 1. The molecule has 0 aromatic carbocycles. The van der Waals surface area contributed by atoms with Crippen LogP contribution in [-0.2, 0) is 14.3 Å². The monoisotopic (exact) mass is 243 g/mol. The Morgan fingerprint density at radius 1 is 1.18 bits per heavy atom. The van der Waals surface area contributed by atoms with Gasteiger partial charge in [-0.25, -0.2) is 0 Å². The van der Waals surface area contributed by atoms with E-state index in [1.807, 2.05) is 13.8 Å². The molecule has 4 heteroatoms. The van der Waals surface area contributed by atoms with Crippen molar-refractivity contribution in [3.8, 4) is 0 Å². The Hall–Kier alpha value is -1.06. The van der Waals surface area contributed by atoms with Gasteiger partial charge in [0.25, 0.3) is 0 Å². The van der Waals surface area contributed by atoms with Gasteiger partial charge in [-0.3, -0.25) is 9.59 Å². The number of methoxy groups -OCH3 is 1. The summed E-state index contributed by atoms with van der Waals surface area (Å²) >= 11 is 0. The Labute approximate surface area is 104 Å². The van der Waals surface area contributed by atoms with Crippen molar-refractivity contribution < 1.29 is 14.3 Å². The molecule has 1 atom stereocenters. The maximum absolute atomic E-state index is 11.8. The van der Waals surface area contributed by atoms with E-state index in [0.29, 0.717) is 12.5 Å². The van der Waals surface area contributed by atoms with Crippen molar-refractivity contribution in [2.24, 2.45) is 17.8 Å². The van der Waals surface area contributed by atoms with Crippen LogP contribution in [0.25, 0.3) is 0 Å². The first-order valence-corrected chi connectivity index (χ1v) is 6.25. The van der Waals surface area contributed by atoms with Gasteiger partial charge >= 0.3 is 5.97 Å². The minimum atomic E-state index is -0.695. The molecular weight excluding hydrogens is 218 g/mol. The second-order valence-electron chi connectivity index (χ2n) is 5.07. The molecule has 4 nitrogen and oxygen atoms in total. The van der Waals surface area contributed by atoms with Crippen LogP contribution >= 0.6 is 0 Å². The predicted octanol–water partition coefficient (Wildman–Crippen LogP) is 1.98. The Morgan fingerprint density at radius 3 is 2.18 bits per heavy atom. The van der Waals surface area contributed by atoms with Crippen LogP contribution in [0, 0.1) is 17.8 Å². The van der Waals surface area contributed by atoms with Crippen molar-refractivity contribution >= 4 is 11.9 Å². The Kier molecular flexibility index (Phi) is 7.59. The number of amides is 1. The summed E-state index contributed by atoms with van der Waals surface area (Å²) in [5, 5.41) is 2.79. The second kappa shape index (κ2) is 8.09. The quantitative estimate of drug-likeness (QED) is 0.422. The number of hydrogen-bond acceptors (Lipinski definition) is 3. The molecule has 1 N–H and O–H groups in total. The lowest BCUT2D eigenvalue weighted by molar-refractivity contribution is -0.151. The van der Waals surface area contributed by atoms with Crippen LogP contribution in [0.15, 0.2) is 0 Å². The van der Waals surface area contributed by atoms with E-state index in [0.717, 1.165) is 12.8 Å². The van der Waals surface area contributed by atoms with Crippen molar-refractivity contribution in [2.75, 3.05) is 13.7 Å². The van der Waals surface area contributed by atoms with Crippen LogP contribution in [-0.4, -0.2) is 25.5 Å². The van der Waals surface area contributed by atoms with Gasteiger partial charge in [0.15, 0.2) is 0 Å². The van der Waals surface area contributed by atoms with Crippen molar-refractivity contribution in [3.63, 3.8) is 0 Å². The highest BCUT2D eigenvalue weighted by atomic mass is 16.5. The Balaban J connectivity index is 4.12. The van der Waals surface area contributed by atoms with Gasteiger partial charge in [-0.2, -0.15) is 0 Å². The lowest BCUT2D eigenvalue weighted by Gasteiger charge is -2.17. The summed E-state index contributed by atoms with van der Waals surface area (Å²) < 4.78 is 4.64. The summed E-state index contributed by atoms with van der Waals surface area (Å²) in [5.74, 6) is -0.794. The molecule has 1 amide bonds. The molecule has 17 heavy (non-hydrogen) atoms. The van der Waals surface area contributed by atoms with Crippen molar-refractivity contribution in [1.29, 1.82) is 0 Å². The molecule has 0 heterocycles. The summed E-state index contributed by atoms with van der Waals surface area (Å²) in [6, 6.07) is 0. The van der Waals surface area contributed by atoms with Crippen LogP contribution in [0.5, 0.6) is 0 Å². The fourth-order valence-electron chi connectivity index (χ4n) is 1.64. The van der Waals surface area contributed by atoms with E-state index >= 15 is 0 Å². The number of carbonyl (C=O) groups excluding carboxylic acids is 2. The zero-order valence-corrected chi connectivity index (χ0v) is 11.6. The minimum Gasteiger partial charge on any atom is -0.468 e. The molecule has 0 rings (SSSR count). The summed E-state index contributed by atoms with van der Waals surface area (Å²) in [4.78, 5) is 23.3. The lowest BCUT2D eigenvalue weighted by atomic mass is 9.95. The fourth-order valence-corrected chi connectivity index (χ4v) is 1.64. The van der Waals surface area contributed by atoms with E-state index in [4.69, 9.17) is 0 Å². The third-order valence-electron chi connectivity index (χ3n) is 2.66. The van der Waals surface area contributed by atoms with Gasteiger partial charge in [0.05, 0.1) is 7.11 Å². The average molecular weight is 243 g/mol. The fraction of sp³-hybridized carbons (Fsp3) is 0.846. The first kappa shape index (κ1) is 15.9. The van der Waals surface area contributed by atoms with Crippen LogP contribution < -0.4 is 5.32 Å². The van der Waals surface area contributed by atoms with Crippen molar-refractivity contribution in [3.05, 3.63) is 0 Å². The third-order valence-corrected chi connectivity index (χ3v) is 2.66. The largest absolute Gasteiger partial charge is 0.468 e. The minimum absolute atomic E-state index is 0.0486. The molecule has 0 radical (unpaired) electrons. The normalized spacial score (nSPS) is 12.6. The number of rotatable bonds is 7. The van der Waals surface area contributed by atoms with Gasteiger partial charge in [-0.05, 0) is 24.7 Å². The second-order valence-corrected chi connectivity index (χ2v) is 5.07. The lowest BCUT2D eigenvalue weighted by Crippen LogP contribution is -2.39. The smallest absolute Gasteiger partial charge is 0.318 e. The van der Waals surface area contributed by atoms with Gasteiger partial charge in [-0.15, -0.1) is 0 Å². The molecule has 0 bridgehead atoms. The van der Waals surface area contributed by atoms with Gasteiger partial charge in [0.2, 0.25) is 5.91 Å². The Morgan fingerprint density at radius 2 is 1.76 bits per heavy atom. The predicted molar refractivity (Wildman–Crippen MR) is 67.4 cm³/mol. The summed E-state index contributed by atoms with van der Waals surface area (Å²) in [7, 11) is 1.31. The molecule has 0 aliphatic carbocycles. The SMILES string of the molecule is COC(=O)C(C(=O)NCCCC(C)C)C(C)C. The highest BCUT2D eigenvalue weighted by Crippen LogP contribution is 2.13. The van der Waals surface area contributed by atoms with E-state index in [1.165, 1.54) is 7.11 Å². The number of nitrogens with one attached hydrogen (secondary N) is 1. The third kappa shape index (κ3) is 6.29. The topological polar surface area (TPSA) is 55.4 Å². The van der Waals surface area contributed by atoms with Gasteiger partial charge in [0.1, 0.15) is 5.92 Å². The van der Waals surface area contributed by atoms with Gasteiger partial charge < -0.3 is 10.1 Å². The molecule has 0 aliphatic heterocycles.